The van der Waals surface area contributed by atoms with Crippen molar-refractivity contribution in [3.8, 4) is 0 Å². The van der Waals surface area contributed by atoms with Gasteiger partial charge in [0.25, 0.3) is 0 Å². The van der Waals surface area contributed by atoms with Crippen molar-refractivity contribution in [3.63, 3.8) is 0 Å². The van der Waals surface area contributed by atoms with Crippen LogP contribution in [0.25, 0.3) is 0 Å². The minimum absolute atomic E-state index is 0.759. The minimum atomic E-state index is 0.759. The molecular formula is C12H17ClS. The van der Waals surface area contributed by atoms with Gasteiger partial charge in [-0.05, 0) is 36.1 Å². The summed E-state index contributed by atoms with van der Waals surface area (Å²) >= 11 is 7.72. The molecule has 1 rings (SSSR count). The van der Waals surface area contributed by atoms with Crippen molar-refractivity contribution >= 4 is 23.4 Å². The Balaban J connectivity index is 2.42. The summed E-state index contributed by atoms with van der Waals surface area (Å²) in [4.78, 5) is 1.31. The second-order valence-corrected chi connectivity index (χ2v) is 5.52. The Morgan fingerprint density at radius 2 is 1.71 bits per heavy atom. The first-order valence-electron chi connectivity index (χ1n) is 4.98. The third-order valence-corrected chi connectivity index (χ3v) is 4.01. The molecule has 0 fully saturated rings. The van der Waals surface area contributed by atoms with Gasteiger partial charge in [-0.25, -0.2) is 0 Å². The molecule has 0 N–H and O–H groups in total. The predicted octanol–water partition coefficient (Wildman–Crippen LogP) is 4.72. The monoisotopic (exact) mass is 228 g/mol. The highest BCUT2D eigenvalue weighted by molar-refractivity contribution is 7.99. The summed E-state index contributed by atoms with van der Waals surface area (Å²) in [7, 11) is 0. The van der Waals surface area contributed by atoms with Gasteiger partial charge in [-0.1, -0.05) is 32.4 Å². The number of benzene rings is 1. The molecule has 0 aliphatic heterocycles. The molecule has 1 unspecified atom stereocenters. The average Bonchev–Trinajstić information content (AvgIpc) is 2.16. The topological polar surface area (TPSA) is 0 Å². The first-order valence-corrected chi connectivity index (χ1v) is 6.34. The van der Waals surface area contributed by atoms with Crippen LogP contribution in [-0.2, 0) is 0 Å². The van der Waals surface area contributed by atoms with E-state index >= 15 is 0 Å². The zero-order valence-corrected chi connectivity index (χ0v) is 10.5. The Kier molecular flexibility index (Phi) is 4.83. The first-order chi connectivity index (χ1) is 6.59. The number of halogens is 1. The summed E-state index contributed by atoms with van der Waals surface area (Å²) in [5.41, 5.74) is 0. The Morgan fingerprint density at radius 3 is 2.21 bits per heavy atom. The second-order valence-electron chi connectivity index (χ2n) is 3.99. The molecule has 0 spiro atoms. The molecule has 1 aromatic rings. The van der Waals surface area contributed by atoms with E-state index in [-0.39, 0.29) is 0 Å². The lowest BCUT2D eigenvalue weighted by atomic mass is 10.0. The number of rotatable bonds is 4. The van der Waals surface area contributed by atoms with Crippen molar-refractivity contribution < 1.29 is 0 Å². The van der Waals surface area contributed by atoms with E-state index in [4.69, 9.17) is 11.6 Å². The Morgan fingerprint density at radius 1 is 1.14 bits per heavy atom. The Bertz CT molecular complexity index is 266. The van der Waals surface area contributed by atoms with Gasteiger partial charge in [0.1, 0.15) is 0 Å². The van der Waals surface area contributed by atoms with Gasteiger partial charge in [0.05, 0.1) is 0 Å². The predicted molar refractivity (Wildman–Crippen MR) is 66.2 cm³/mol. The van der Waals surface area contributed by atoms with Gasteiger partial charge in [0.2, 0.25) is 0 Å². The van der Waals surface area contributed by atoms with E-state index in [0.717, 1.165) is 16.9 Å². The molecule has 78 valence electrons. The van der Waals surface area contributed by atoms with Gasteiger partial charge in [-0.3, -0.25) is 0 Å². The Hall–Kier alpha value is -0.140. The molecule has 0 aromatic heterocycles. The van der Waals surface area contributed by atoms with E-state index in [1.165, 1.54) is 10.6 Å². The first kappa shape index (κ1) is 11.9. The maximum atomic E-state index is 5.82. The van der Waals surface area contributed by atoms with Crippen molar-refractivity contribution in [1.82, 2.24) is 0 Å². The fraction of sp³-hybridized carbons (Fsp3) is 0.500. The normalized spacial score (nSPS) is 13.2. The average molecular weight is 229 g/mol. The molecule has 0 aliphatic carbocycles. The fourth-order valence-electron chi connectivity index (χ4n) is 0.951. The summed E-state index contributed by atoms with van der Waals surface area (Å²) in [6.07, 6.45) is 0. The van der Waals surface area contributed by atoms with E-state index in [2.05, 4.69) is 32.9 Å². The molecule has 0 heterocycles. The lowest BCUT2D eigenvalue weighted by Crippen LogP contribution is -2.06. The van der Waals surface area contributed by atoms with Crippen LogP contribution in [0, 0.1) is 11.8 Å². The summed E-state index contributed by atoms with van der Waals surface area (Å²) in [5.74, 6) is 2.70. The molecular weight excluding hydrogens is 212 g/mol. The van der Waals surface area contributed by atoms with Gasteiger partial charge in [-0.2, -0.15) is 0 Å². The van der Waals surface area contributed by atoms with Crippen LogP contribution in [0.1, 0.15) is 20.8 Å². The van der Waals surface area contributed by atoms with E-state index in [9.17, 15) is 0 Å². The van der Waals surface area contributed by atoms with E-state index in [1.807, 2.05) is 23.9 Å². The van der Waals surface area contributed by atoms with E-state index in [1.54, 1.807) is 0 Å². The van der Waals surface area contributed by atoms with Crippen LogP contribution in [0.3, 0.4) is 0 Å². The van der Waals surface area contributed by atoms with Gasteiger partial charge in [0.15, 0.2) is 0 Å². The maximum Gasteiger partial charge on any atom is 0.0406 e. The molecule has 0 nitrogen and oxygen atoms in total. The minimum Gasteiger partial charge on any atom is -0.126 e. The van der Waals surface area contributed by atoms with Crippen molar-refractivity contribution in [2.24, 2.45) is 11.8 Å². The van der Waals surface area contributed by atoms with Crippen LogP contribution in [0.4, 0.5) is 0 Å². The molecule has 0 saturated carbocycles. The molecule has 0 saturated heterocycles. The lowest BCUT2D eigenvalue weighted by molar-refractivity contribution is 0.464. The molecule has 0 aliphatic rings. The molecule has 0 amide bonds. The van der Waals surface area contributed by atoms with Crippen LogP contribution in [0.2, 0.25) is 5.02 Å². The maximum absolute atomic E-state index is 5.82. The smallest absolute Gasteiger partial charge is 0.0406 e. The van der Waals surface area contributed by atoms with Crippen LogP contribution < -0.4 is 0 Å². The summed E-state index contributed by atoms with van der Waals surface area (Å²) in [6, 6.07) is 8.06. The van der Waals surface area contributed by atoms with Gasteiger partial charge < -0.3 is 0 Å². The molecule has 1 aromatic carbocycles. The van der Waals surface area contributed by atoms with Crippen molar-refractivity contribution in [2.75, 3.05) is 5.75 Å². The third-order valence-electron chi connectivity index (χ3n) is 2.46. The quantitative estimate of drug-likeness (QED) is 0.672. The molecule has 0 bridgehead atoms. The van der Waals surface area contributed by atoms with Gasteiger partial charge in [-0.15, -0.1) is 11.8 Å². The van der Waals surface area contributed by atoms with Crippen molar-refractivity contribution in [3.05, 3.63) is 29.3 Å². The van der Waals surface area contributed by atoms with Crippen LogP contribution in [0.5, 0.6) is 0 Å². The highest BCUT2D eigenvalue weighted by atomic mass is 35.5. The van der Waals surface area contributed by atoms with E-state index < -0.39 is 0 Å². The fourth-order valence-corrected chi connectivity index (χ4v) is 2.25. The number of thioether (sulfide) groups is 1. The second kappa shape index (κ2) is 5.67. The highest BCUT2D eigenvalue weighted by Crippen LogP contribution is 2.24. The van der Waals surface area contributed by atoms with Crippen molar-refractivity contribution in [2.45, 2.75) is 25.7 Å². The standard InChI is InChI=1S/C12H17ClS/c1-9(2)10(3)8-14-12-6-4-11(13)5-7-12/h4-7,9-10H,8H2,1-3H3. The highest BCUT2D eigenvalue weighted by Gasteiger charge is 2.07. The van der Waals surface area contributed by atoms with Crippen molar-refractivity contribution in [1.29, 1.82) is 0 Å². The summed E-state index contributed by atoms with van der Waals surface area (Å²) in [6.45, 7) is 6.84. The lowest BCUT2D eigenvalue weighted by Gasteiger charge is -2.14. The molecule has 1 atom stereocenters. The van der Waals surface area contributed by atoms with Gasteiger partial charge >= 0.3 is 0 Å². The summed E-state index contributed by atoms with van der Waals surface area (Å²) in [5, 5.41) is 0.811. The number of hydrogen-bond acceptors (Lipinski definition) is 1. The van der Waals surface area contributed by atoms with Crippen LogP contribution in [0.15, 0.2) is 29.2 Å². The van der Waals surface area contributed by atoms with Crippen LogP contribution >= 0.6 is 23.4 Å². The third kappa shape index (κ3) is 3.93. The van der Waals surface area contributed by atoms with E-state index in [0.29, 0.717) is 0 Å². The SMILES string of the molecule is CC(C)C(C)CSc1ccc(Cl)cc1. The summed E-state index contributed by atoms with van der Waals surface area (Å²) < 4.78 is 0. The Labute approximate surface area is 96.0 Å². The molecule has 0 radical (unpaired) electrons. The largest absolute Gasteiger partial charge is 0.126 e. The molecule has 14 heavy (non-hydrogen) atoms. The zero-order valence-electron chi connectivity index (χ0n) is 8.96. The van der Waals surface area contributed by atoms with Gasteiger partial charge in [0, 0.05) is 15.7 Å². The number of hydrogen-bond donors (Lipinski definition) is 0. The van der Waals surface area contributed by atoms with Crippen LogP contribution in [-0.4, -0.2) is 5.75 Å². The zero-order chi connectivity index (χ0) is 10.6. The molecule has 2 heteroatoms.